The van der Waals surface area contributed by atoms with Crippen LogP contribution in [0.4, 0.5) is 0 Å². The van der Waals surface area contributed by atoms with Crippen molar-refractivity contribution in [2.24, 2.45) is 11.8 Å². The molecule has 1 fully saturated rings. The Morgan fingerprint density at radius 3 is 2.70 bits per heavy atom. The highest BCUT2D eigenvalue weighted by Gasteiger charge is 2.23. The molecule has 2 aromatic rings. The number of aromatic nitrogens is 4. The largest absolute Gasteiger partial charge is 0.352 e. The van der Waals surface area contributed by atoms with Crippen LogP contribution in [0.5, 0.6) is 0 Å². The number of rotatable bonds is 6. The molecule has 1 N–H and O–H groups in total. The molecular weight excluding hydrogens is 340 g/mol. The number of aryl methyl sites for hydroxylation is 2. The van der Waals surface area contributed by atoms with Gasteiger partial charge in [-0.1, -0.05) is 13.8 Å². The van der Waals surface area contributed by atoms with Gasteiger partial charge in [0, 0.05) is 43.5 Å². The normalized spacial score (nSPS) is 22.1. The van der Waals surface area contributed by atoms with E-state index in [-0.39, 0.29) is 11.9 Å². The van der Waals surface area contributed by atoms with Crippen LogP contribution in [0.1, 0.15) is 50.6 Å². The van der Waals surface area contributed by atoms with E-state index in [1.807, 2.05) is 13.8 Å². The predicted molar refractivity (Wildman–Crippen MR) is 106 cm³/mol. The van der Waals surface area contributed by atoms with Crippen LogP contribution in [0.3, 0.4) is 0 Å². The molecule has 1 amide bonds. The number of nitrogens with one attached hydrogen (secondary N) is 1. The fourth-order valence-electron chi connectivity index (χ4n) is 4.48. The monoisotopic (exact) mass is 372 g/mol. The average Bonchev–Trinajstić information content (AvgIpc) is 3.01. The zero-order valence-corrected chi connectivity index (χ0v) is 17.2. The number of carbonyl (C=O) groups is 1. The van der Waals surface area contributed by atoms with Crippen molar-refractivity contribution in [2.45, 2.75) is 59.9 Å². The van der Waals surface area contributed by atoms with Crippen LogP contribution in [0, 0.1) is 25.7 Å². The molecule has 0 aliphatic carbocycles. The number of piperidine rings is 1. The van der Waals surface area contributed by atoms with Crippen molar-refractivity contribution in [1.82, 2.24) is 29.8 Å². The van der Waals surface area contributed by atoms with E-state index >= 15 is 0 Å². The van der Waals surface area contributed by atoms with Gasteiger partial charge in [-0.3, -0.25) is 4.79 Å². The summed E-state index contributed by atoms with van der Waals surface area (Å²) < 4.78 is 1.74. The molecule has 148 valence electrons. The fraction of sp³-hybridized carbons (Fsp3) is 0.700. The summed E-state index contributed by atoms with van der Waals surface area (Å²) in [7, 11) is 0. The van der Waals surface area contributed by atoms with Gasteiger partial charge in [-0.05, 0) is 51.0 Å². The summed E-state index contributed by atoms with van der Waals surface area (Å²) >= 11 is 0. The third-order valence-electron chi connectivity index (χ3n) is 5.47. The summed E-state index contributed by atoms with van der Waals surface area (Å²) in [4.78, 5) is 23.6. The highest BCUT2D eigenvalue weighted by Crippen LogP contribution is 2.21. The summed E-state index contributed by atoms with van der Waals surface area (Å²) in [5.41, 5.74) is 3.01. The molecular formula is C20H32N6O. The van der Waals surface area contributed by atoms with Crippen LogP contribution in [0.2, 0.25) is 0 Å². The predicted octanol–water partition coefficient (Wildman–Crippen LogP) is 2.16. The summed E-state index contributed by atoms with van der Waals surface area (Å²) in [6, 6.07) is 0.160. The van der Waals surface area contributed by atoms with Gasteiger partial charge in [-0.15, -0.1) is 0 Å². The Balaban J connectivity index is 1.52. The van der Waals surface area contributed by atoms with Crippen molar-refractivity contribution >= 4 is 11.7 Å². The number of carbonyl (C=O) groups excluding carboxylic acids is 1. The lowest BCUT2D eigenvalue weighted by molar-refractivity contribution is -0.121. The van der Waals surface area contributed by atoms with Crippen molar-refractivity contribution in [2.75, 3.05) is 19.6 Å². The van der Waals surface area contributed by atoms with E-state index in [2.05, 4.69) is 46.1 Å². The lowest BCUT2D eigenvalue weighted by atomic mass is 9.92. The zero-order chi connectivity index (χ0) is 19.6. The minimum Gasteiger partial charge on any atom is -0.352 e. The molecule has 3 rings (SSSR count). The molecule has 0 spiro atoms. The molecule has 27 heavy (non-hydrogen) atoms. The minimum atomic E-state index is 0.0955. The molecule has 1 aliphatic heterocycles. The molecule has 0 saturated carbocycles. The van der Waals surface area contributed by atoms with E-state index < -0.39 is 0 Å². The van der Waals surface area contributed by atoms with Crippen LogP contribution in [-0.2, 0) is 11.2 Å². The number of fused-ring (bicyclic) bond motifs is 1. The standard InChI is InChI=1S/C20H32N6O/c1-13-8-14(2)10-25(9-13)11-15(3)23-19(27)7-6-18-16(4)24-20-21-12-22-26(20)17(18)5/h12-15H,6-11H2,1-5H3,(H,23,27). The first kappa shape index (κ1) is 19.7. The molecule has 3 atom stereocenters. The van der Waals surface area contributed by atoms with E-state index in [1.165, 1.54) is 12.7 Å². The Kier molecular flexibility index (Phi) is 6.09. The van der Waals surface area contributed by atoms with E-state index in [9.17, 15) is 4.79 Å². The Morgan fingerprint density at radius 1 is 1.30 bits per heavy atom. The molecule has 7 heteroatoms. The number of amides is 1. The Labute approximate surface area is 161 Å². The molecule has 1 saturated heterocycles. The number of hydrogen-bond acceptors (Lipinski definition) is 5. The van der Waals surface area contributed by atoms with E-state index in [4.69, 9.17) is 0 Å². The summed E-state index contributed by atoms with van der Waals surface area (Å²) in [6.07, 6.45) is 3.94. The van der Waals surface area contributed by atoms with Gasteiger partial charge in [0.2, 0.25) is 5.91 Å². The lowest BCUT2D eigenvalue weighted by Gasteiger charge is -2.36. The fourth-order valence-corrected chi connectivity index (χ4v) is 4.48. The third-order valence-corrected chi connectivity index (χ3v) is 5.47. The second-order valence-corrected chi connectivity index (χ2v) is 8.37. The van der Waals surface area contributed by atoms with Crippen molar-refractivity contribution in [1.29, 1.82) is 0 Å². The Bertz CT molecular complexity index is 791. The number of likely N-dealkylation sites (tertiary alicyclic amines) is 1. The van der Waals surface area contributed by atoms with Crippen molar-refractivity contribution in [3.05, 3.63) is 23.3 Å². The van der Waals surface area contributed by atoms with Gasteiger partial charge in [-0.2, -0.15) is 10.1 Å². The van der Waals surface area contributed by atoms with Gasteiger partial charge >= 0.3 is 0 Å². The molecule has 0 bridgehead atoms. The maximum atomic E-state index is 12.4. The molecule has 7 nitrogen and oxygen atoms in total. The average molecular weight is 373 g/mol. The molecule has 2 aromatic heterocycles. The lowest BCUT2D eigenvalue weighted by Crippen LogP contribution is -2.47. The number of hydrogen-bond donors (Lipinski definition) is 1. The maximum Gasteiger partial charge on any atom is 0.252 e. The topological polar surface area (TPSA) is 75.4 Å². The van der Waals surface area contributed by atoms with E-state index in [1.54, 1.807) is 4.52 Å². The van der Waals surface area contributed by atoms with Gasteiger partial charge in [-0.25, -0.2) is 9.50 Å². The summed E-state index contributed by atoms with van der Waals surface area (Å²) in [5.74, 6) is 2.18. The van der Waals surface area contributed by atoms with Crippen molar-refractivity contribution in [3.63, 3.8) is 0 Å². The van der Waals surface area contributed by atoms with Crippen LogP contribution < -0.4 is 5.32 Å². The van der Waals surface area contributed by atoms with Gasteiger partial charge in [0.25, 0.3) is 5.78 Å². The Hall–Kier alpha value is -2.02. The molecule has 0 radical (unpaired) electrons. The second kappa shape index (κ2) is 8.33. The van der Waals surface area contributed by atoms with Crippen molar-refractivity contribution in [3.8, 4) is 0 Å². The van der Waals surface area contributed by atoms with Gasteiger partial charge < -0.3 is 10.2 Å². The smallest absolute Gasteiger partial charge is 0.252 e. The summed E-state index contributed by atoms with van der Waals surface area (Å²) in [6.45, 7) is 13.9. The van der Waals surface area contributed by atoms with Gasteiger partial charge in [0.1, 0.15) is 6.33 Å². The first-order valence-corrected chi connectivity index (χ1v) is 10.0. The van der Waals surface area contributed by atoms with Crippen LogP contribution in [-0.4, -0.2) is 56.1 Å². The molecule has 0 aromatic carbocycles. The number of nitrogens with zero attached hydrogens (tertiary/aromatic N) is 5. The van der Waals surface area contributed by atoms with Gasteiger partial charge in [0.15, 0.2) is 0 Å². The Morgan fingerprint density at radius 2 is 2.00 bits per heavy atom. The first-order chi connectivity index (χ1) is 12.8. The van der Waals surface area contributed by atoms with E-state index in [0.717, 1.165) is 48.4 Å². The van der Waals surface area contributed by atoms with Crippen LogP contribution in [0.15, 0.2) is 6.33 Å². The highest BCUT2D eigenvalue weighted by atomic mass is 16.1. The van der Waals surface area contributed by atoms with Crippen molar-refractivity contribution < 1.29 is 4.79 Å². The maximum absolute atomic E-state index is 12.4. The minimum absolute atomic E-state index is 0.0955. The van der Waals surface area contributed by atoms with E-state index in [0.29, 0.717) is 18.6 Å². The second-order valence-electron chi connectivity index (χ2n) is 8.37. The highest BCUT2D eigenvalue weighted by molar-refractivity contribution is 5.76. The SMILES string of the molecule is Cc1nc2ncnn2c(C)c1CCC(=O)NC(C)CN1CC(C)CC(C)C1. The zero-order valence-electron chi connectivity index (χ0n) is 17.2. The first-order valence-electron chi connectivity index (χ1n) is 10.0. The molecule has 3 heterocycles. The van der Waals surface area contributed by atoms with Gasteiger partial charge in [0.05, 0.1) is 0 Å². The van der Waals surface area contributed by atoms with Crippen LogP contribution >= 0.6 is 0 Å². The molecule has 3 unspecified atom stereocenters. The molecule has 1 aliphatic rings. The quantitative estimate of drug-likeness (QED) is 0.841. The van der Waals surface area contributed by atoms with Crippen LogP contribution in [0.25, 0.3) is 5.78 Å². The third kappa shape index (κ3) is 4.83. The summed E-state index contributed by atoms with van der Waals surface area (Å²) in [5, 5.41) is 7.37.